The van der Waals surface area contributed by atoms with E-state index >= 15 is 0 Å². The van der Waals surface area contributed by atoms with Gasteiger partial charge in [0, 0.05) is 38.3 Å². The fourth-order valence-corrected chi connectivity index (χ4v) is 3.06. The van der Waals surface area contributed by atoms with Crippen LogP contribution in [0.4, 0.5) is 11.8 Å². The maximum Gasteiger partial charge on any atom is 0.222 e. The molecule has 0 saturated carbocycles. The Balaban J connectivity index is 2.23. The molecular formula is C17H17N5O. The Morgan fingerprint density at radius 2 is 2.04 bits per heavy atom. The van der Waals surface area contributed by atoms with Crippen molar-refractivity contribution in [2.24, 2.45) is 7.05 Å². The van der Waals surface area contributed by atoms with Crippen molar-refractivity contribution in [3.8, 4) is 11.3 Å². The van der Waals surface area contributed by atoms with Crippen molar-refractivity contribution in [1.82, 2.24) is 14.5 Å². The van der Waals surface area contributed by atoms with Gasteiger partial charge in [-0.2, -0.15) is 4.98 Å². The third-order valence-electron chi connectivity index (χ3n) is 4.02. The highest BCUT2D eigenvalue weighted by Gasteiger charge is 2.18. The summed E-state index contributed by atoms with van der Waals surface area (Å²) < 4.78 is 7.70. The summed E-state index contributed by atoms with van der Waals surface area (Å²) in [5.74, 6) is 1.89. The molecule has 0 spiro atoms. The van der Waals surface area contributed by atoms with Crippen LogP contribution < -0.4 is 10.6 Å². The normalized spacial score (nSPS) is 11.4. The number of fused-ring (bicyclic) bond motifs is 3. The van der Waals surface area contributed by atoms with Gasteiger partial charge in [-0.3, -0.25) is 0 Å². The van der Waals surface area contributed by atoms with Gasteiger partial charge in [0.2, 0.25) is 5.95 Å². The molecule has 4 aromatic rings. The van der Waals surface area contributed by atoms with Crippen molar-refractivity contribution >= 4 is 33.6 Å². The molecule has 0 bridgehead atoms. The van der Waals surface area contributed by atoms with E-state index in [2.05, 4.69) is 20.6 Å². The van der Waals surface area contributed by atoms with Crippen LogP contribution in [0.1, 0.15) is 0 Å². The molecule has 0 aliphatic heterocycles. The molecule has 0 aliphatic rings. The predicted molar refractivity (Wildman–Crippen MR) is 92.5 cm³/mol. The van der Waals surface area contributed by atoms with E-state index in [1.807, 2.05) is 50.4 Å². The van der Waals surface area contributed by atoms with Crippen LogP contribution >= 0.6 is 0 Å². The molecule has 0 fully saturated rings. The van der Waals surface area contributed by atoms with Crippen molar-refractivity contribution in [3.05, 3.63) is 36.7 Å². The second-order valence-corrected chi connectivity index (χ2v) is 5.78. The number of nitrogen functional groups attached to an aromatic ring is 1. The molecule has 0 atom stereocenters. The minimum Gasteiger partial charge on any atom is -0.464 e. The standard InChI is InChI=1S/C17H17N5O/c1-21(2)16-14-10-6-7-22(3)15(10)11(13-5-4-8-23-13)9-12(14)19-17(18)20-16/h4-9H,1-3H3,(H2,18,19,20). The lowest BCUT2D eigenvalue weighted by molar-refractivity contribution is 0.582. The van der Waals surface area contributed by atoms with Gasteiger partial charge in [-0.15, -0.1) is 0 Å². The van der Waals surface area contributed by atoms with Gasteiger partial charge in [-0.25, -0.2) is 4.98 Å². The Hall–Kier alpha value is -3.02. The van der Waals surface area contributed by atoms with E-state index in [0.29, 0.717) is 0 Å². The number of hydrogen-bond donors (Lipinski definition) is 1. The summed E-state index contributed by atoms with van der Waals surface area (Å²) in [5.41, 5.74) is 8.79. The smallest absolute Gasteiger partial charge is 0.222 e. The highest BCUT2D eigenvalue weighted by atomic mass is 16.3. The summed E-state index contributed by atoms with van der Waals surface area (Å²) in [4.78, 5) is 10.8. The predicted octanol–water partition coefficient (Wildman–Crippen LogP) is 3.03. The van der Waals surface area contributed by atoms with Gasteiger partial charge in [-0.1, -0.05) is 0 Å². The lowest BCUT2D eigenvalue weighted by Gasteiger charge is -2.16. The first kappa shape index (κ1) is 13.6. The fourth-order valence-electron chi connectivity index (χ4n) is 3.06. The molecule has 6 nitrogen and oxygen atoms in total. The molecule has 0 saturated heterocycles. The van der Waals surface area contributed by atoms with E-state index < -0.39 is 0 Å². The zero-order valence-corrected chi connectivity index (χ0v) is 13.2. The van der Waals surface area contributed by atoms with Crippen molar-refractivity contribution in [1.29, 1.82) is 0 Å². The number of rotatable bonds is 2. The van der Waals surface area contributed by atoms with Gasteiger partial charge in [0.05, 0.1) is 22.7 Å². The number of aryl methyl sites for hydroxylation is 1. The molecule has 0 unspecified atom stereocenters. The van der Waals surface area contributed by atoms with Crippen molar-refractivity contribution in [2.75, 3.05) is 24.7 Å². The van der Waals surface area contributed by atoms with Crippen LogP contribution in [0.5, 0.6) is 0 Å². The van der Waals surface area contributed by atoms with E-state index in [0.717, 1.165) is 38.9 Å². The lowest BCUT2D eigenvalue weighted by Crippen LogP contribution is -2.13. The van der Waals surface area contributed by atoms with E-state index in [4.69, 9.17) is 10.2 Å². The second kappa shape index (κ2) is 4.74. The molecule has 0 aliphatic carbocycles. The van der Waals surface area contributed by atoms with Crippen LogP contribution in [-0.4, -0.2) is 28.6 Å². The van der Waals surface area contributed by atoms with Gasteiger partial charge >= 0.3 is 0 Å². The lowest BCUT2D eigenvalue weighted by atomic mass is 10.0. The molecule has 0 radical (unpaired) electrons. The first-order chi connectivity index (χ1) is 11.1. The van der Waals surface area contributed by atoms with Gasteiger partial charge in [0.25, 0.3) is 0 Å². The van der Waals surface area contributed by atoms with Gasteiger partial charge < -0.3 is 19.6 Å². The van der Waals surface area contributed by atoms with Crippen LogP contribution in [0.15, 0.2) is 41.1 Å². The van der Waals surface area contributed by atoms with Gasteiger partial charge in [0.15, 0.2) is 0 Å². The molecular weight excluding hydrogens is 290 g/mol. The van der Waals surface area contributed by atoms with Crippen LogP contribution in [0, 0.1) is 0 Å². The summed E-state index contributed by atoms with van der Waals surface area (Å²) >= 11 is 0. The van der Waals surface area contributed by atoms with Crippen molar-refractivity contribution < 1.29 is 4.42 Å². The number of nitrogens with two attached hydrogens (primary N) is 1. The highest BCUT2D eigenvalue weighted by molar-refractivity contribution is 6.15. The zero-order valence-electron chi connectivity index (χ0n) is 13.2. The number of nitrogens with zero attached hydrogens (tertiary/aromatic N) is 4. The average molecular weight is 307 g/mol. The molecule has 3 heterocycles. The van der Waals surface area contributed by atoms with Crippen LogP contribution in [0.3, 0.4) is 0 Å². The molecule has 6 heteroatoms. The molecule has 0 amide bonds. The Morgan fingerprint density at radius 1 is 1.22 bits per heavy atom. The first-order valence-electron chi connectivity index (χ1n) is 7.32. The molecule has 4 rings (SSSR count). The Morgan fingerprint density at radius 3 is 2.74 bits per heavy atom. The van der Waals surface area contributed by atoms with E-state index in [-0.39, 0.29) is 5.95 Å². The van der Waals surface area contributed by atoms with Gasteiger partial charge in [-0.05, 0) is 24.3 Å². The molecule has 116 valence electrons. The summed E-state index contributed by atoms with van der Waals surface area (Å²) in [6, 6.07) is 7.93. The first-order valence-corrected chi connectivity index (χ1v) is 7.32. The maximum absolute atomic E-state index is 5.90. The van der Waals surface area contributed by atoms with Crippen molar-refractivity contribution in [2.45, 2.75) is 0 Å². The van der Waals surface area contributed by atoms with Crippen LogP contribution in [0.25, 0.3) is 33.1 Å². The van der Waals surface area contributed by atoms with Crippen molar-refractivity contribution in [3.63, 3.8) is 0 Å². The Labute approximate surface area is 133 Å². The third kappa shape index (κ3) is 1.95. The monoisotopic (exact) mass is 307 g/mol. The number of furan rings is 1. The summed E-state index contributed by atoms with van der Waals surface area (Å²) in [7, 11) is 5.93. The SMILES string of the molecule is CN(C)c1nc(N)nc2cc(-c3ccco3)c3c(ccn3C)c12. The zero-order chi connectivity index (χ0) is 16.1. The molecule has 23 heavy (non-hydrogen) atoms. The van der Waals surface area contributed by atoms with Gasteiger partial charge in [0.1, 0.15) is 11.6 Å². The third-order valence-corrected chi connectivity index (χ3v) is 4.02. The van der Waals surface area contributed by atoms with E-state index in [1.54, 1.807) is 6.26 Å². The average Bonchev–Trinajstić information content (AvgIpc) is 3.15. The maximum atomic E-state index is 5.90. The molecule has 1 aromatic carbocycles. The highest BCUT2D eigenvalue weighted by Crippen LogP contribution is 2.38. The number of hydrogen-bond acceptors (Lipinski definition) is 5. The number of anilines is 2. The minimum absolute atomic E-state index is 0.266. The topological polar surface area (TPSA) is 73.1 Å². The Bertz CT molecular complexity index is 1010. The second-order valence-electron chi connectivity index (χ2n) is 5.78. The van der Waals surface area contributed by atoms with E-state index in [1.165, 1.54) is 0 Å². The largest absolute Gasteiger partial charge is 0.464 e. The van der Waals surface area contributed by atoms with Crippen LogP contribution in [-0.2, 0) is 7.05 Å². The minimum atomic E-state index is 0.266. The number of aromatic nitrogens is 3. The van der Waals surface area contributed by atoms with E-state index in [9.17, 15) is 0 Å². The molecule has 3 aromatic heterocycles. The number of benzene rings is 1. The Kier molecular flexibility index (Phi) is 2.81. The quantitative estimate of drug-likeness (QED) is 0.616. The summed E-state index contributed by atoms with van der Waals surface area (Å²) in [5, 5.41) is 2.08. The molecule has 2 N–H and O–H groups in total. The summed E-state index contributed by atoms with van der Waals surface area (Å²) in [6.07, 6.45) is 3.71. The summed E-state index contributed by atoms with van der Waals surface area (Å²) in [6.45, 7) is 0. The van der Waals surface area contributed by atoms with Crippen LogP contribution in [0.2, 0.25) is 0 Å². The fraction of sp³-hybridized carbons (Fsp3) is 0.176.